The normalized spacial score (nSPS) is 18.1. The van der Waals surface area contributed by atoms with Crippen LogP contribution in [0.25, 0.3) is 0 Å². The largest absolute Gasteiger partial charge is 0.468 e. The lowest BCUT2D eigenvalue weighted by Crippen LogP contribution is -2.59. The molecule has 1 unspecified atom stereocenters. The predicted octanol–water partition coefficient (Wildman–Crippen LogP) is 0.393. The first-order valence-corrected chi connectivity index (χ1v) is 6.95. The van der Waals surface area contributed by atoms with Gasteiger partial charge in [-0.2, -0.15) is 0 Å². The lowest BCUT2D eigenvalue weighted by Gasteiger charge is -2.34. The summed E-state index contributed by atoms with van der Waals surface area (Å²) in [5.41, 5.74) is -0.603. The molecule has 1 fully saturated rings. The van der Waals surface area contributed by atoms with Crippen molar-refractivity contribution < 1.29 is 9.53 Å². The second kappa shape index (κ2) is 5.93. The van der Waals surface area contributed by atoms with Crippen LogP contribution in [0.1, 0.15) is 18.7 Å². The molecule has 0 aliphatic heterocycles. The van der Waals surface area contributed by atoms with Crippen molar-refractivity contribution in [3.63, 3.8) is 0 Å². The number of ether oxygens (including phenoxy) is 1. The van der Waals surface area contributed by atoms with Crippen molar-refractivity contribution >= 4 is 5.97 Å². The number of rotatable bonds is 7. The number of esters is 1. The third kappa shape index (κ3) is 2.86. The van der Waals surface area contributed by atoms with E-state index in [2.05, 4.69) is 15.2 Å². The van der Waals surface area contributed by atoms with Gasteiger partial charge >= 0.3 is 5.97 Å². The third-order valence-corrected chi connectivity index (χ3v) is 4.12. The molecule has 1 aliphatic rings. The van der Waals surface area contributed by atoms with Crippen LogP contribution in [0.5, 0.6) is 0 Å². The average molecular weight is 280 g/mol. The highest BCUT2D eigenvalue weighted by molar-refractivity contribution is 5.82. The lowest BCUT2D eigenvalue weighted by molar-refractivity contribution is -0.150. The maximum atomic E-state index is 12.2. The Balaban J connectivity index is 2.07. The second-order valence-corrected chi connectivity index (χ2v) is 5.61. The van der Waals surface area contributed by atoms with Crippen LogP contribution in [0, 0.1) is 5.92 Å². The Bertz CT molecular complexity index is 469. The van der Waals surface area contributed by atoms with E-state index in [-0.39, 0.29) is 5.97 Å². The van der Waals surface area contributed by atoms with Gasteiger partial charge in [0.1, 0.15) is 11.4 Å². The fourth-order valence-electron chi connectivity index (χ4n) is 2.78. The molecule has 0 bridgehead atoms. The number of aromatic nitrogens is 2. The van der Waals surface area contributed by atoms with Crippen LogP contribution in [0.3, 0.4) is 0 Å². The summed E-state index contributed by atoms with van der Waals surface area (Å²) >= 11 is 0. The highest BCUT2D eigenvalue weighted by Gasteiger charge is 2.51. The number of nitrogens with zero attached hydrogens (tertiary/aromatic N) is 3. The standard InChI is InChI=1S/C14H24N4O2/c1-15-14(11-5-6-11,13(19)20-4)10-17(2)9-12-16-7-8-18(12)3/h7-8,11,15H,5-6,9-10H2,1-4H3. The number of likely N-dealkylation sites (N-methyl/N-ethyl adjacent to an activating group) is 2. The molecule has 1 aromatic heterocycles. The van der Waals surface area contributed by atoms with Gasteiger partial charge in [0.2, 0.25) is 0 Å². The van der Waals surface area contributed by atoms with Crippen LogP contribution in [0.2, 0.25) is 0 Å². The number of nitrogens with one attached hydrogen (secondary N) is 1. The van der Waals surface area contributed by atoms with Gasteiger partial charge in [0.25, 0.3) is 0 Å². The van der Waals surface area contributed by atoms with Gasteiger partial charge in [0, 0.05) is 26.0 Å². The molecule has 0 amide bonds. The van der Waals surface area contributed by atoms with Crippen LogP contribution >= 0.6 is 0 Å². The molecule has 0 aromatic carbocycles. The van der Waals surface area contributed by atoms with Crippen molar-refractivity contribution in [2.24, 2.45) is 13.0 Å². The predicted molar refractivity (Wildman–Crippen MR) is 76.1 cm³/mol. The number of methoxy groups -OCH3 is 1. The Morgan fingerprint density at radius 1 is 1.65 bits per heavy atom. The van der Waals surface area contributed by atoms with Gasteiger partial charge in [-0.05, 0) is 32.9 Å². The van der Waals surface area contributed by atoms with Crippen molar-refractivity contribution in [1.29, 1.82) is 0 Å². The van der Waals surface area contributed by atoms with E-state index in [1.165, 1.54) is 7.11 Å². The summed E-state index contributed by atoms with van der Waals surface area (Å²) in [6.07, 6.45) is 5.86. The van der Waals surface area contributed by atoms with E-state index in [0.29, 0.717) is 19.0 Å². The van der Waals surface area contributed by atoms with E-state index in [1.54, 1.807) is 6.20 Å². The topological polar surface area (TPSA) is 59.4 Å². The first-order valence-electron chi connectivity index (χ1n) is 6.95. The van der Waals surface area contributed by atoms with Gasteiger partial charge in [-0.3, -0.25) is 4.90 Å². The Morgan fingerprint density at radius 2 is 2.35 bits per heavy atom. The Labute approximate surface area is 120 Å². The van der Waals surface area contributed by atoms with Gasteiger partial charge in [-0.25, -0.2) is 9.78 Å². The van der Waals surface area contributed by atoms with Gasteiger partial charge in [-0.15, -0.1) is 0 Å². The summed E-state index contributed by atoms with van der Waals surface area (Å²) in [5.74, 6) is 1.18. The lowest BCUT2D eigenvalue weighted by atomic mass is 9.92. The minimum atomic E-state index is -0.603. The van der Waals surface area contributed by atoms with Crippen LogP contribution < -0.4 is 5.32 Å². The summed E-state index contributed by atoms with van der Waals surface area (Å²) in [4.78, 5) is 18.7. The van der Waals surface area contributed by atoms with Crippen molar-refractivity contribution in [2.75, 3.05) is 27.7 Å². The van der Waals surface area contributed by atoms with Gasteiger partial charge < -0.3 is 14.6 Å². The first kappa shape index (κ1) is 15.0. The molecule has 1 saturated carbocycles. The molecule has 1 N–H and O–H groups in total. The smallest absolute Gasteiger partial charge is 0.327 e. The molecule has 0 spiro atoms. The van der Waals surface area contributed by atoms with E-state index in [9.17, 15) is 4.79 Å². The van der Waals surface area contributed by atoms with Crippen molar-refractivity contribution in [3.8, 4) is 0 Å². The zero-order valence-electron chi connectivity index (χ0n) is 12.7. The molecule has 112 valence electrons. The Kier molecular flexibility index (Phi) is 4.45. The minimum absolute atomic E-state index is 0.172. The highest BCUT2D eigenvalue weighted by atomic mass is 16.5. The summed E-state index contributed by atoms with van der Waals surface area (Å²) in [7, 11) is 7.27. The molecular weight excluding hydrogens is 256 g/mol. The van der Waals surface area contributed by atoms with Crippen molar-refractivity contribution in [2.45, 2.75) is 24.9 Å². The maximum absolute atomic E-state index is 12.2. The van der Waals surface area contributed by atoms with Gasteiger partial charge in [0.05, 0.1) is 13.7 Å². The first-order chi connectivity index (χ1) is 9.53. The average Bonchev–Trinajstić information content (AvgIpc) is 3.21. The number of carbonyl (C=O) groups excluding carboxylic acids is 1. The van der Waals surface area contributed by atoms with Crippen LogP contribution in [0.15, 0.2) is 12.4 Å². The Morgan fingerprint density at radius 3 is 2.80 bits per heavy atom. The Hall–Kier alpha value is -1.40. The van der Waals surface area contributed by atoms with Crippen LogP contribution in [-0.4, -0.2) is 53.7 Å². The third-order valence-electron chi connectivity index (χ3n) is 4.12. The molecule has 0 radical (unpaired) electrons. The minimum Gasteiger partial charge on any atom is -0.468 e. The maximum Gasteiger partial charge on any atom is 0.327 e. The molecule has 6 nitrogen and oxygen atoms in total. The zero-order valence-corrected chi connectivity index (χ0v) is 12.7. The number of carbonyl (C=O) groups is 1. The molecule has 1 aliphatic carbocycles. The van der Waals surface area contributed by atoms with E-state index in [1.807, 2.05) is 31.9 Å². The van der Waals surface area contributed by atoms with Crippen LogP contribution in [0.4, 0.5) is 0 Å². The molecule has 1 atom stereocenters. The number of hydrogen-bond acceptors (Lipinski definition) is 5. The molecule has 1 heterocycles. The molecular formula is C14H24N4O2. The zero-order chi connectivity index (χ0) is 14.8. The van der Waals surface area contributed by atoms with Crippen LogP contribution in [-0.2, 0) is 23.1 Å². The molecule has 6 heteroatoms. The SMILES string of the molecule is CNC(CN(C)Cc1nccn1C)(C(=O)OC)C1CC1. The molecule has 2 rings (SSSR count). The van der Waals surface area contributed by atoms with E-state index in [4.69, 9.17) is 4.74 Å². The number of hydrogen-bond donors (Lipinski definition) is 1. The number of imidazole rings is 1. The fraction of sp³-hybridized carbons (Fsp3) is 0.714. The van der Waals surface area contributed by atoms with Crippen molar-refractivity contribution in [3.05, 3.63) is 18.2 Å². The van der Waals surface area contributed by atoms with Gasteiger partial charge in [-0.1, -0.05) is 0 Å². The number of aryl methyl sites for hydroxylation is 1. The highest BCUT2D eigenvalue weighted by Crippen LogP contribution is 2.40. The van der Waals surface area contributed by atoms with E-state index in [0.717, 1.165) is 18.7 Å². The van der Waals surface area contributed by atoms with Crippen molar-refractivity contribution in [1.82, 2.24) is 19.8 Å². The monoisotopic (exact) mass is 280 g/mol. The van der Waals surface area contributed by atoms with E-state index >= 15 is 0 Å². The summed E-state index contributed by atoms with van der Waals surface area (Å²) in [5, 5.41) is 3.21. The second-order valence-electron chi connectivity index (χ2n) is 5.61. The summed E-state index contributed by atoms with van der Waals surface area (Å²) in [6.45, 7) is 1.32. The summed E-state index contributed by atoms with van der Waals surface area (Å²) in [6, 6.07) is 0. The molecule has 1 aromatic rings. The van der Waals surface area contributed by atoms with E-state index < -0.39 is 5.54 Å². The van der Waals surface area contributed by atoms with Gasteiger partial charge in [0.15, 0.2) is 0 Å². The molecule has 0 saturated heterocycles. The molecule has 20 heavy (non-hydrogen) atoms. The fourth-order valence-corrected chi connectivity index (χ4v) is 2.78. The summed E-state index contributed by atoms with van der Waals surface area (Å²) < 4.78 is 7.01. The quantitative estimate of drug-likeness (QED) is 0.732.